The summed E-state index contributed by atoms with van der Waals surface area (Å²) in [6, 6.07) is 0.503. The molecular weight excluding hydrogens is 264 g/mol. The van der Waals surface area contributed by atoms with Crippen molar-refractivity contribution in [1.29, 1.82) is 0 Å². The zero-order chi connectivity index (χ0) is 15.5. The molecule has 5 heteroatoms. The smallest absolute Gasteiger partial charge is 0.239 e. The average molecular weight is 292 g/mol. The molecule has 1 heterocycles. The summed E-state index contributed by atoms with van der Waals surface area (Å²) in [5.74, 6) is 0.439. The molecule has 21 heavy (non-hydrogen) atoms. The van der Waals surface area contributed by atoms with Crippen LogP contribution in [0.1, 0.15) is 52.9 Å². The van der Waals surface area contributed by atoms with E-state index in [1.165, 1.54) is 32.1 Å². The van der Waals surface area contributed by atoms with Crippen molar-refractivity contribution in [3.63, 3.8) is 0 Å². The fourth-order valence-electron chi connectivity index (χ4n) is 3.23. The minimum absolute atomic E-state index is 0.137. The number of carbonyl (C=O) groups excluding carboxylic acids is 1. The summed E-state index contributed by atoms with van der Waals surface area (Å²) in [6.07, 6.45) is 9.90. The van der Waals surface area contributed by atoms with Gasteiger partial charge in [-0.15, -0.1) is 0 Å². The maximum Gasteiger partial charge on any atom is 0.239 e. The number of nitrogens with two attached hydrogens (primary N) is 1. The van der Waals surface area contributed by atoms with Crippen LogP contribution in [0.15, 0.2) is 12.4 Å². The molecule has 2 rings (SSSR count). The van der Waals surface area contributed by atoms with Gasteiger partial charge in [0.25, 0.3) is 0 Å². The van der Waals surface area contributed by atoms with Crippen LogP contribution < -0.4 is 11.1 Å². The quantitative estimate of drug-likeness (QED) is 0.838. The molecule has 5 nitrogen and oxygen atoms in total. The van der Waals surface area contributed by atoms with E-state index in [2.05, 4.69) is 31.2 Å². The molecule has 1 aliphatic rings. The first-order chi connectivity index (χ1) is 9.84. The van der Waals surface area contributed by atoms with Crippen LogP contribution >= 0.6 is 0 Å². The lowest BCUT2D eigenvalue weighted by Gasteiger charge is -2.29. The Balaban J connectivity index is 1.89. The monoisotopic (exact) mass is 292 g/mol. The largest absolute Gasteiger partial charge is 0.380 e. The lowest BCUT2D eigenvalue weighted by Crippen LogP contribution is -2.21. The Morgan fingerprint density at radius 1 is 1.38 bits per heavy atom. The normalized spacial score (nSPS) is 23.6. The van der Waals surface area contributed by atoms with Gasteiger partial charge in [0.2, 0.25) is 5.91 Å². The molecule has 0 aromatic carbocycles. The first-order valence-electron chi connectivity index (χ1n) is 7.92. The van der Waals surface area contributed by atoms with Crippen molar-refractivity contribution in [2.75, 3.05) is 5.32 Å². The van der Waals surface area contributed by atoms with Gasteiger partial charge in [-0.1, -0.05) is 27.2 Å². The molecule has 1 aromatic heterocycles. The number of primary amides is 1. The fraction of sp³-hybridized carbons (Fsp3) is 0.750. The van der Waals surface area contributed by atoms with E-state index >= 15 is 0 Å². The Kier molecular flexibility index (Phi) is 4.91. The summed E-state index contributed by atoms with van der Waals surface area (Å²) in [7, 11) is 0. The van der Waals surface area contributed by atoms with Crippen LogP contribution in [0.25, 0.3) is 0 Å². The maximum absolute atomic E-state index is 10.9. The second-order valence-electron chi connectivity index (χ2n) is 7.31. The number of anilines is 1. The summed E-state index contributed by atoms with van der Waals surface area (Å²) >= 11 is 0. The van der Waals surface area contributed by atoms with Crippen molar-refractivity contribution >= 4 is 11.6 Å². The van der Waals surface area contributed by atoms with Gasteiger partial charge in [-0.25, -0.2) is 0 Å². The third-order valence-electron chi connectivity index (χ3n) is 4.52. The van der Waals surface area contributed by atoms with E-state index in [4.69, 9.17) is 5.73 Å². The van der Waals surface area contributed by atoms with Crippen molar-refractivity contribution in [2.45, 2.75) is 65.5 Å². The molecule has 2 atom stereocenters. The molecule has 1 aromatic rings. The second kappa shape index (κ2) is 6.50. The third-order valence-corrected chi connectivity index (χ3v) is 4.52. The van der Waals surface area contributed by atoms with E-state index in [0.29, 0.717) is 11.5 Å². The highest BCUT2D eigenvalue weighted by molar-refractivity contribution is 5.73. The standard InChI is InChI=1S/C16H28N4O/c1-16(2,3)12-5-4-6-13(8-7-12)19-14-9-18-20(10-14)11-15(17)21/h9-10,12-13,19H,4-8,11H2,1-3H3,(H2,17,21). The Labute approximate surface area is 127 Å². The van der Waals surface area contributed by atoms with Gasteiger partial charge in [0.05, 0.1) is 11.9 Å². The van der Waals surface area contributed by atoms with Gasteiger partial charge >= 0.3 is 0 Å². The number of hydrogen-bond donors (Lipinski definition) is 2. The van der Waals surface area contributed by atoms with Crippen LogP contribution in [0.3, 0.4) is 0 Å². The summed E-state index contributed by atoms with van der Waals surface area (Å²) < 4.78 is 1.58. The molecule has 0 radical (unpaired) electrons. The number of nitrogens with zero attached hydrogens (tertiary/aromatic N) is 2. The number of amides is 1. The summed E-state index contributed by atoms with van der Waals surface area (Å²) in [5, 5.41) is 7.70. The van der Waals surface area contributed by atoms with E-state index in [1.807, 2.05) is 6.20 Å². The summed E-state index contributed by atoms with van der Waals surface area (Å²) in [4.78, 5) is 10.9. The number of aromatic nitrogens is 2. The van der Waals surface area contributed by atoms with E-state index in [0.717, 1.165) is 11.6 Å². The van der Waals surface area contributed by atoms with E-state index in [-0.39, 0.29) is 12.5 Å². The highest BCUT2D eigenvalue weighted by atomic mass is 16.1. The molecule has 2 unspecified atom stereocenters. The van der Waals surface area contributed by atoms with E-state index in [9.17, 15) is 4.79 Å². The molecule has 0 saturated heterocycles. The molecule has 118 valence electrons. The first kappa shape index (κ1) is 15.9. The molecular formula is C16H28N4O. The molecule has 0 aliphatic heterocycles. The van der Waals surface area contributed by atoms with Crippen molar-refractivity contribution in [3.8, 4) is 0 Å². The van der Waals surface area contributed by atoms with Gasteiger partial charge in [-0.3, -0.25) is 9.48 Å². The van der Waals surface area contributed by atoms with Crippen LogP contribution in [0.4, 0.5) is 5.69 Å². The lowest BCUT2D eigenvalue weighted by molar-refractivity contribution is -0.118. The molecule has 1 aliphatic carbocycles. The maximum atomic E-state index is 10.9. The average Bonchev–Trinajstić information content (AvgIpc) is 2.64. The Morgan fingerprint density at radius 2 is 2.14 bits per heavy atom. The summed E-state index contributed by atoms with van der Waals surface area (Å²) in [6.45, 7) is 7.18. The zero-order valence-corrected chi connectivity index (χ0v) is 13.4. The molecule has 0 bridgehead atoms. The van der Waals surface area contributed by atoms with Crippen LogP contribution in [0, 0.1) is 11.3 Å². The van der Waals surface area contributed by atoms with Gasteiger partial charge in [-0.05, 0) is 37.0 Å². The molecule has 0 spiro atoms. The predicted octanol–water partition coefficient (Wildman–Crippen LogP) is 2.78. The van der Waals surface area contributed by atoms with Gasteiger partial charge < -0.3 is 11.1 Å². The van der Waals surface area contributed by atoms with Crippen LogP contribution in [-0.2, 0) is 11.3 Å². The third kappa shape index (κ3) is 4.76. The lowest BCUT2D eigenvalue weighted by atomic mass is 9.76. The van der Waals surface area contributed by atoms with Crippen molar-refractivity contribution in [3.05, 3.63) is 12.4 Å². The molecule has 1 fully saturated rings. The topological polar surface area (TPSA) is 72.9 Å². The SMILES string of the molecule is CC(C)(C)C1CCCC(Nc2cnn(CC(N)=O)c2)CC1. The van der Waals surface area contributed by atoms with Crippen LogP contribution in [0.2, 0.25) is 0 Å². The van der Waals surface area contributed by atoms with Crippen LogP contribution in [-0.4, -0.2) is 21.7 Å². The summed E-state index contributed by atoms with van der Waals surface area (Å²) in [5.41, 5.74) is 6.56. The van der Waals surface area contributed by atoms with Crippen LogP contribution in [0.5, 0.6) is 0 Å². The zero-order valence-electron chi connectivity index (χ0n) is 13.4. The van der Waals surface area contributed by atoms with E-state index < -0.39 is 0 Å². The Hall–Kier alpha value is -1.52. The Bertz CT molecular complexity index is 475. The molecule has 1 amide bonds. The minimum Gasteiger partial charge on any atom is -0.380 e. The van der Waals surface area contributed by atoms with Crippen molar-refractivity contribution < 1.29 is 4.79 Å². The number of carbonyl (C=O) groups is 1. The van der Waals surface area contributed by atoms with E-state index in [1.54, 1.807) is 10.9 Å². The first-order valence-corrected chi connectivity index (χ1v) is 7.92. The van der Waals surface area contributed by atoms with Gasteiger partial charge in [0.15, 0.2) is 0 Å². The van der Waals surface area contributed by atoms with Crippen molar-refractivity contribution in [2.24, 2.45) is 17.1 Å². The molecule has 3 N–H and O–H groups in total. The Morgan fingerprint density at radius 3 is 2.81 bits per heavy atom. The molecule has 1 saturated carbocycles. The van der Waals surface area contributed by atoms with Crippen molar-refractivity contribution in [1.82, 2.24) is 9.78 Å². The minimum atomic E-state index is -0.368. The fourth-order valence-corrected chi connectivity index (χ4v) is 3.23. The number of rotatable bonds is 4. The van der Waals surface area contributed by atoms with Gasteiger partial charge in [0, 0.05) is 12.2 Å². The number of hydrogen-bond acceptors (Lipinski definition) is 3. The predicted molar refractivity (Wildman–Crippen MR) is 84.9 cm³/mol. The highest BCUT2D eigenvalue weighted by Gasteiger charge is 2.27. The second-order valence-corrected chi connectivity index (χ2v) is 7.31. The number of nitrogens with one attached hydrogen (secondary N) is 1. The van der Waals surface area contributed by atoms with Gasteiger partial charge in [-0.2, -0.15) is 5.10 Å². The van der Waals surface area contributed by atoms with Gasteiger partial charge in [0.1, 0.15) is 6.54 Å². The highest BCUT2D eigenvalue weighted by Crippen LogP contribution is 2.37.